The highest BCUT2D eigenvalue weighted by Gasteiger charge is 2.18. The number of carbonyl (C=O) groups is 1. The number of benzene rings is 2. The fourth-order valence-corrected chi connectivity index (χ4v) is 3.68. The van der Waals surface area contributed by atoms with Crippen LogP contribution in [-0.4, -0.2) is 24.2 Å². The van der Waals surface area contributed by atoms with Crippen LogP contribution in [0.2, 0.25) is 0 Å². The molecule has 2 aromatic rings. The second-order valence-corrected chi connectivity index (χ2v) is 7.23. The fraction of sp³-hybridized carbons (Fsp3) is 0.235. The molecule has 1 atom stereocenters. The predicted molar refractivity (Wildman–Crippen MR) is 109 cm³/mol. The number of phenols is 1. The average molecular weight is 556 g/mol. The molecule has 2 aromatic carbocycles. The van der Waals surface area contributed by atoms with Crippen LogP contribution in [0.5, 0.6) is 17.2 Å². The smallest absolute Gasteiger partial charge is 0.364 e. The Kier molecular flexibility index (Phi) is 8.23. The SMILES string of the molecule is C.COC(=O)C([NH3+])Cc1ccc(Oc2cc(I)c(O)c(I)c2)cc1. The number of methoxy groups -OCH3 is 1. The minimum atomic E-state index is -0.424. The third kappa shape index (κ3) is 5.49. The summed E-state index contributed by atoms with van der Waals surface area (Å²) in [5.41, 5.74) is 4.77. The molecule has 1 unspecified atom stereocenters. The first-order valence-corrected chi connectivity index (χ1v) is 8.92. The molecule has 0 aliphatic carbocycles. The molecule has 5 nitrogen and oxygen atoms in total. The summed E-state index contributed by atoms with van der Waals surface area (Å²) in [6, 6.07) is 10.6. The first-order chi connectivity index (χ1) is 10.9. The highest BCUT2D eigenvalue weighted by molar-refractivity contribution is 14.1. The summed E-state index contributed by atoms with van der Waals surface area (Å²) >= 11 is 4.12. The molecule has 24 heavy (non-hydrogen) atoms. The molecule has 0 radical (unpaired) electrons. The third-order valence-corrected chi connectivity index (χ3v) is 4.81. The van der Waals surface area contributed by atoms with Crippen molar-refractivity contribution in [1.29, 1.82) is 0 Å². The maximum absolute atomic E-state index is 11.4. The highest BCUT2D eigenvalue weighted by Crippen LogP contribution is 2.32. The van der Waals surface area contributed by atoms with Gasteiger partial charge in [-0.15, -0.1) is 0 Å². The van der Waals surface area contributed by atoms with Gasteiger partial charge in [-0.2, -0.15) is 0 Å². The van der Waals surface area contributed by atoms with Crippen molar-refractivity contribution in [1.82, 2.24) is 0 Å². The molecule has 0 heterocycles. The maximum atomic E-state index is 11.4. The van der Waals surface area contributed by atoms with E-state index in [0.29, 0.717) is 17.9 Å². The Labute approximate surface area is 168 Å². The van der Waals surface area contributed by atoms with Crippen molar-refractivity contribution < 1.29 is 25.1 Å². The Morgan fingerprint density at radius 3 is 2.21 bits per heavy atom. The summed E-state index contributed by atoms with van der Waals surface area (Å²) in [5.74, 6) is 1.29. The molecule has 0 spiro atoms. The molecule has 130 valence electrons. The van der Waals surface area contributed by atoms with E-state index in [9.17, 15) is 9.90 Å². The number of phenolic OH excluding ortho intramolecular Hbond substituents is 1. The van der Waals surface area contributed by atoms with Crippen LogP contribution >= 0.6 is 45.2 Å². The standard InChI is InChI=1S/C16H15I2NO4.CH4/c1-22-16(21)14(19)6-9-2-4-10(5-3-9)23-11-7-12(17)15(20)13(18)8-11;/h2-5,7-8,14,20H,6,19H2,1H3;1H4/p+1. The molecule has 0 saturated heterocycles. The third-order valence-electron chi connectivity index (χ3n) is 3.17. The van der Waals surface area contributed by atoms with E-state index in [-0.39, 0.29) is 19.1 Å². The lowest BCUT2D eigenvalue weighted by atomic mass is 10.1. The van der Waals surface area contributed by atoms with E-state index in [1.165, 1.54) is 7.11 Å². The van der Waals surface area contributed by atoms with Gasteiger partial charge in [-0.3, -0.25) is 0 Å². The van der Waals surface area contributed by atoms with Gasteiger partial charge in [0.2, 0.25) is 0 Å². The first kappa shape index (κ1) is 21.0. The van der Waals surface area contributed by atoms with Crippen molar-refractivity contribution >= 4 is 51.2 Å². The molecule has 0 saturated carbocycles. The summed E-state index contributed by atoms with van der Waals surface area (Å²) < 4.78 is 11.9. The molecule has 2 rings (SSSR count). The van der Waals surface area contributed by atoms with Crippen LogP contribution in [0.1, 0.15) is 13.0 Å². The van der Waals surface area contributed by atoms with Gasteiger partial charge in [-0.05, 0) is 75.0 Å². The molecule has 7 heteroatoms. The Bertz CT molecular complexity index is 681. The van der Waals surface area contributed by atoms with E-state index < -0.39 is 6.04 Å². The Hall–Kier alpha value is -1.07. The largest absolute Gasteiger partial charge is 0.506 e. The van der Waals surface area contributed by atoms with Crippen LogP contribution in [0.3, 0.4) is 0 Å². The van der Waals surface area contributed by atoms with Crippen molar-refractivity contribution in [3.8, 4) is 17.2 Å². The van der Waals surface area contributed by atoms with Gasteiger partial charge >= 0.3 is 5.97 Å². The first-order valence-electron chi connectivity index (χ1n) is 6.76. The second-order valence-electron chi connectivity index (χ2n) is 4.91. The number of halogens is 2. The summed E-state index contributed by atoms with van der Waals surface area (Å²) in [4.78, 5) is 11.4. The van der Waals surface area contributed by atoms with Crippen LogP contribution in [0.15, 0.2) is 36.4 Å². The molecular weight excluding hydrogens is 536 g/mol. The number of aromatic hydroxyl groups is 1. The predicted octanol–water partition coefficient (Wildman–Crippen LogP) is 3.36. The Morgan fingerprint density at radius 1 is 1.17 bits per heavy atom. The van der Waals surface area contributed by atoms with Gasteiger partial charge in [0.1, 0.15) is 17.2 Å². The van der Waals surface area contributed by atoms with Crippen LogP contribution in [0.25, 0.3) is 0 Å². The zero-order valence-electron chi connectivity index (χ0n) is 12.4. The molecule has 0 amide bonds. The Balaban J connectivity index is 0.00000288. The van der Waals surface area contributed by atoms with Crippen LogP contribution in [0, 0.1) is 7.14 Å². The zero-order valence-corrected chi connectivity index (χ0v) is 16.7. The van der Waals surface area contributed by atoms with Gasteiger partial charge in [0, 0.05) is 6.42 Å². The van der Waals surface area contributed by atoms with Crippen molar-refractivity contribution in [2.75, 3.05) is 7.11 Å². The topological polar surface area (TPSA) is 83.4 Å². The average Bonchev–Trinajstić information content (AvgIpc) is 2.53. The lowest BCUT2D eigenvalue weighted by Gasteiger charge is -2.10. The van der Waals surface area contributed by atoms with E-state index in [1.807, 2.05) is 24.3 Å². The number of esters is 1. The van der Waals surface area contributed by atoms with E-state index in [0.717, 1.165) is 12.7 Å². The van der Waals surface area contributed by atoms with Crippen LogP contribution < -0.4 is 10.5 Å². The zero-order chi connectivity index (χ0) is 17.0. The number of carbonyl (C=O) groups excluding carboxylic acids is 1. The Morgan fingerprint density at radius 2 is 1.71 bits per heavy atom. The fourth-order valence-electron chi connectivity index (χ4n) is 1.97. The van der Waals surface area contributed by atoms with Crippen LogP contribution in [0.4, 0.5) is 0 Å². The summed E-state index contributed by atoms with van der Waals surface area (Å²) in [6.07, 6.45) is 0.516. The van der Waals surface area contributed by atoms with Crippen LogP contribution in [-0.2, 0) is 16.0 Å². The summed E-state index contributed by atoms with van der Waals surface area (Å²) in [7, 11) is 1.36. The summed E-state index contributed by atoms with van der Waals surface area (Å²) in [5, 5.41) is 9.77. The quantitative estimate of drug-likeness (QED) is 0.438. The maximum Gasteiger partial charge on any atom is 0.364 e. The molecular formula is C17H20I2NO4+. The number of hydrogen-bond acceptors (Lipinski definition) is 4. The number of quaternary nitrogens is 1. The van der Waals surface area contributed by atoms with Crippen molar-refractivity contribution in [2.45, 2.75) is 19.9 Å². The minimum Gasteiger partial charge on any atom is -0.506 e. The number of hydrogen-bond donors (Lipinski definition) is 2. The lowest BCUT2D eigenvalue weighted by Crippen LogP contribution is -2.66. The van der Waals surface area contributed by atoms with Gasteiger partial charge in [0.15, 0.2) is 6.04 Å². The molecule has 0 aromatic heterocycles. The monoisotopic (exact) mass is 556 g/mol. The van der Waals surface area contributed by atoms with E-state index in [2.05, 4.69) is 55.7 Å². The van der Waals surface area contributed by atoms with Gasteiger partial charge in [0.05, 0.1) is 14.3 Å². The molecule has 0 bridgehead atoms. The van der Waals surface area contributed by atoms with E-state index in [1.54, 1.807) is 12.1 Å². The van der Waals surface area contributed by atoms with Gasteiger partial charge in [-0.25, -0.2) is 4.79 Å². The highest BCUT2D eigenvalue weighted by atomic mass is 127. The molecule has 0 aliphatic rings. The number of rotatable bonds is 5. The minimum absolute atomic E-state index is 0. The summed E-state index contributed by atoms with van der Waals surface area (Å²) in [6.45, 7) is 0. The normalized spacial score (nSPS) is 11.3. The van der Waals surface area contributed by atoms with Gasteiger partial charge < -0.3 is 20.3 Å². The lowest BCUT2D eigenvalue weighted by molar-refractivity contribution is -0.407. The molecule has 0 aliphatic heterocycles. The second kappa shape index (κ2) is 9.42. The van der Waals surface area contributed by atoms with E-state index >= 15 is 0 Å². The van der Waals surface area contributed by atoms with Crippen molar-refractivity contribution in [3.05, 3.63) is 49.1 Å². The van der Waals surface area contributed by atoms with Crippen molar-refractivity contribution in [3.63, 3.8) is 0 Å². The van der Waals surface area contributed by atoms with Gasteiger partial charge in [0.25, 0.3) is 0 Å². The number of ether oxygens (including phenoxy) is 2. The van der Waals surface area contributed by atoms with Gasteiger partial charge in [-0.1, -0.05) is 19.6 Å². The van der Waals surface area contributed by atoms with E-state index in [4.69, 9.17) is 4.74 Å². The van der Waals surface area contributed by atoms with Crippen molar-refractivity contribution in [2.24, 2.45) is 0 Å². The molecule has 4 N–H and O–H groups in total. The molecule has 0 fully saturated rings.